The number of aromatic nitrogens is 2. The first-order valence-electron chi connectivity index (χ1n) is 10.1. The highest BCUT2D eigenvalue weighted by molar-refractivity contribution is 7.20. The minimum Gasteiger partial charge on any atom is -0.347 e. The van der Waals surface area contributed by atoms with E-state index in [0.29, 0.717) is 5.54 Å². The van der Waals surface area contributed by atoms with Crippen LogP contribution in [0.25, 0.3) is 10.2 Å². The van der Waals surface area contributed by atoms with Gasteiger partial charge in [0.1, 0.15) is 4.83 Å². The van der Waals surface area contributed by atoms with Gasteiger partial charge in [0.2, 0.25) is 0 Å². The number of aryl methyl sites for hydroxylation is 1. The van der Waals surface area contributed by atoms with Crippen molar-refractivity contribution < 1.29 is 4.79 Å². The van der Waals surface area contributed by atoms with E-state index in [1.165, 1.54) is 24.8 Å². The Morgan fingerprint density at radius 1 is 1.32 bits per heavy atom. The van der Waals surface area contributed by atoms with Gasteiger partial charge in [-0.15, -0.1) is 11.3 Å². The van der Waals surface area contributed by atoms with Crippen LogP contribution in [0.3, 0.4) is 0 Å². The van der Waals surface area contributed by atoms with Crippen LogP contribution in [0.2, 0.25) is 0 Å². The number of likely N-dealkylation sites (tertiary alicyclic amines) is 1. The second kappa shape index (κ2) is 6.71. The molecular weight excluding hydrogens is 368 g/mol. The summed E-state index contributed by atoms with van der Waals surface area (Å²) < 4.78 is 2.02. The van der Waals surface area contributed by atoms with Crippen LogP contribution in [-0.2, 0) is 6.54 Å². The van der Waals surface area contributed by atoms with Crippen molar-refractivity contribution in [2.45, 2.75) is 50.7 Å². The molecule has 3 aromatic rings. The van der Waals surface area contributed by atoms with E-state index in [-0.39, 0.29) is 11.9 Å². The maximum absolute atomic E-state index is 12.9. The molecule has 1 amide bonds. The molecule has 3 heterocycles. The van der Waals surface area contributed by atoms with E-state index in [2.05, 4.69) is 34.5 Å². The van der Waals surface area contributed by atoms with Crippen LogP contribution in [0, 0.1) is 6.92 Å². The Bertz CT molecular complexity index is 1020. The highest BCUT2D eigenvalue weighted by Crippen LogP contribution is 2.44. The molecule has 1 N–H and O–H groups in total. The summed E-state index contributed by atoms with van der Waals surface area (Å²) in [6, 6.07) is 12.6. The molecule has 1 saturated carbocycles. The molecule has 1 atom stereocenters. The van der Waals surface area contributed by atoms with Gasteiger partial charge in [0, 0.05) is 23.5 Å². The monoisotopic (exact) mass is 394 g/mol. The average molecular weight is 395 g/mol. The SMILES string of the molecule is Cc1nn(Cc2ccccc2)c2sc(C(=O)NC3CN(C)C4(CCC4)C3)cc12. The van der Waals surface area contributed by atoms with E-state index in [0.717, 1.165) is 40.3 Å². The van der Waals surface area contributed by atoms with Crippen molar-refractivity contribution in [2.24, 2.45) is 0 Å². The molecule has 6 heteroatoms. The fourth-order valence-electron chi connectivity index (χ4n) is 4.82. The van der Waals surface area contributed by atoms with Crippen LogP contribution < -0.4 is 5.32 Å². The van der Waals surface area contributed by atoms with E-state index in [4.69, 9.17) is 0 Å². The number of benzene rings is 1. The highest BCUT2D eigenvalue weighted by atomic mass is 32.1. The lowest BCUT2D eigenvalue weighted by atomic mass is 9.74. The van der Waals surface area contributed by atoms with Gasteiger partial charge in [-0.25, -0.2) is 0 Å². The summed E-state index contributed by atoms with van der Waals surface area (Å²) in [5.41, 5.74) is 2.55. The van der Waals surface area contributed by atoms with Crippen LogP contribution >= 0.6 is 11.3 Å². The fraction of sp³-hybridized carbons (Fsp3) is 0.455. The maximum Gasteiger partial charge on any atom is 0.261 e. The van der Waals surface area contributed by atoms with Gasteiger partial charge in [-0.3, -0.25) is 14.4 Å². The summed E-state index contributed by atoms with van der Waals surface area (Å²) >= 11 is 1.55. The fourth-order valence-corrected chi connectivity index (χ4v) is 5.88. The van der Waals surface area contributed by atoms with Gasteiger partial charge < -0.3 is 5.32 Å². The highest BCUT2D eigenvalue weighted by Gasteiger charge is 2.47. The summed E-state index contributed by atoms with van der Waals surface area (Å²) in [7, 11) is 2.20. The molecule has 0 bridgehead atoms. The predicted molar refractivity (Wildman–Crippen MR) is 113 cm³/mol. The van der Waals surface area contributed by atoms with Crippen LogP contribution in [0.1, 0.15) is 46.6 Å². The summed E-state index contributed by atoms with van der Waals surface area (Å²) in [5, 5.41) is 9.06. The number of hydrogen-bond donors (Lipinski definition) is 1. The first kappa shape index (κ1) is 17.9. The Kier molecular flexibility index (Phi) is 4.29. The third kappa shape index (κ3) is 2.95. The van der Waals surface area contributed by atoms with E-state index in [1.807, 2.05) is 35.9 Å². The first-order valence-corrected chi connectivity index (χ1v) is 10.9. The van der Waals surface area contributed by atoms with Gasteiger partial charge in [-0.2, -0.15) is 5.10 Å². The Hall–Kier alpha value is -2.18. The third-order valence-electron chi connectivity index (χ3n) is 6.56. The molecule has 2 aliphatic rings. The van der Waals surface area contributed by atoms with Gasteiger partial charge in [0.05, 0.1) is 17.1 Å². The zero-order valence-corrected chi connectivity index (χ0v) is 17.3. The second-order valence-corrected chi connectivity index (χ2v) is 9.42. The zero-order valence-electron chi connectivity index (χ0n) is 16.4. The van der Waals surface area contributed by atoms with E-state index in [9.17, 15) is 4.79 Å². The predicted octanol–water partition coefficient (Wildman–Crippen LogP) is 3.81. The topological polar surface area (TPSA) is 50.2 Å². The number of carbonyl (C=O) groups is 1. The zero-order chi connectivity index (χ0) is 19.3. The normalized spacial score (nSPS) is 21.3. The molecule has 1 aliphatic heterocycles. The van der Waals surface area contributed by atoms with Gasteiger partial charge in [0.25, 0.3) is 5.91 Å². The van der Waals surface area contributed by atoms with Crippen molar-refractivity contribution in [1.82, 2.24) is 20.0 Å². The van der Waals surface area contributed by atoms with Crippen molar-refractivity contribution in [3.05, 3.63) is 52.5 Å². The van der Waals surface area contributed by atoms with E-state index < -0.39 is 0 Å². The molecule has 1 spiro atoms. The van der Waals surface area contributed by atoms with Crippen LogP contribution in [0.5, 0.6) is 0 Å². The van der Waals surface area contributed by atoms with Crippen LogP contribution in [-0.4, -0.2) is 45.8 Å². The van der Waals surface area contributed by atoms with Gasteiger partial charge in [0.15, 0.2) is 0 Å². The average Bonchev–Trinajstić information content (AvgIpc) is 3.30. The lowest BCUT2D eigenvalue weighted by molar-refractivity contribution is 0.0799. The molecule has 5 rings (SSSR count). The van der Waals surface area contributed by atoms with Crippen molar-refractivity contribution in [3.8, 4) is 0 Å². The summed E-state index contributed by atoms with van der Waals surface area (Å²) in [6.07, 6.45) is 4.94. The minimum absolute atomic E-state index is 0.0571. The Morgan fingerprint density at radius 2 is 2.11 bits per heavy atom. The van der Waals surface area contributed by atoms with E-state index in [1.54, 1.807) is 11.3 Å². The van der Waals surface area contributed by atoms with Gasteiger partial charge in [-0.1, -0.05) is 30.3 Å². The quantitative estimate of drug-likeness (QED) is 0.732. The number of thiophene rings is 1. The molecular formula is C22H26N4OS. The molecule has 28 heavy (non-hydrogen) atoms. The minimum atomic E-state index is 0.0571. The summed E-state index contributed by atoms with van der Waals surface area (Å²) in [5.74, 6) is 0.0571. The van der Waals surface area contributed by atoms with Crippen LogP contribution in [0.15, 0.2) is 36.4 Å². The molecule has 1 unspecified atom stereocenters. The van der Waals surface area contributed by atoms with Crippen molar-refractivity contribution in [2.75, 3.05) is 13.6 Å². The number of carbonyl (C=O) groups excluding carboxylic acids is 1. The molecule has 146 valence electrons. The lowest BCUT2D eigenvalue weighted by Crippen LogP contribution is -2.47. The molecule has 2 aromatic heterocycles. The largest absolute Gasteiger partial charge is 0.347 e. The Balaban J connectivity index is 1.35. The lowest BCUT2D eigenvalue weighted by Gasteiger charge is -2.44. The maximum atomic E-state index is 12.9. The third-order valence-corrected chi connectivity index (χ3v) is 7.70. The number of fused-ring (bicyclic) bond motifs is 1. The molecule has 5 nitrogen and oxygen atoms in total. The molecule has 1 aromatic carbocycles. The molecule has 2 fully saturated rings. The smallest absolute Gasteiger partial charge is 0.261 e. The second-order valence-electron chi connectivity index (χ2n) is 8.39. The summed E-state index contributed by atoms with van der Waals surface area (Å²) in [4.78, 5) is 17.2. The number of likely N-dealkylation sites (N-methyl/N-ethyl adjacent to an activating group) is 1. The van der Waals surface area contributed by atoms with Crippen LogP contribution in [0.4, 0.5) is 0 Å². The Labute approximate surface area is 169 Å². The molecule has 0 radical (unpaired) electrons. The van der Waals surface area contributed by atoms with Crippen molar-refractivity contribution >= 4 is 27.5 Å². The number of amides is 1. The van der Waals surface area contributed by atoms with Gasteiger partial charge >= 0.3 is 0 Å². The standard InChI is InChI=1S/C22H26N4OS/c1-15-18-11-19(20(27)23-17-12-22(9-6-10-22)25(2)14-17)28-21(18)26(24-15)13-16-7-4-3-5-8-16/h3-5,7-8,11,17H,6,9-10,12-14H2,1-2H3,(H,23,27). The summed E-state index contributed by atoms with van der Waals surface area (Å²) in [6.45, 7) is 3.70. The van der Waals surface area contributed by atoms with Gasteiger partial charge in [-0.05, 0) is 51.3 Å². The number of hydrogen-bond acceptors (Lipinski definition) is 4. The van der Waals surface area contributed by atoms with Crippen molar-refractivity contribution in [3.63, 3.8) is 0 Å². The number of rotatable bonds is 4. The Morgan fingerprint density at radius 3 is 2.79 bits per heavy atom. The molecule has 1 saturated heterocycles. The first-order chi connectivity index (χ1) is 13.5. The molecule has 1 aliphatic carbocycles. The van der Waals surface area contributed by atoms with E-state index >= 15 is 0 Å². The van der Waals surface area contributed by atoms with Crippen molar-refractivity contribution in [1.29, 1.82) is 0 Å². The number of nitrogens with one attached hydrogen (secondary N) is 1. The number of nitrogens with zero attached hydrogens (tertiary/aromatic N) is 3.